The fourth-order valence-electron chi connectivity index (χ4n) is 1.62. The van der Waals surface area contributed by atoms with Crippen LogP contribution in [0.4, 0.5) is 5.69 Å². The number of pyridine rings is 1. The summed E-state index contributed by atoms with van der Waals surface area (Å²) in [5, 5.41) is 13.4. The molecule has 0 saturated heterocycles. The maximum atomic E-state index is 12.0. The molecule has 1 amide bonds. The van der Waals surface area contributed by atoms with Crippen molar-refractivity contribution in [2.24, 2.45) is 0 Å². The van der Waals surface area contributed by atoms with Crippen LogP contribution in [0.25, 0.3) is 0 Å². The van der Waals surface area contributed by atoms with E-state index in [-0.39, 0.29) is 17.3 Å². The monoisotopic (exact) mass is 310 g/mol. The predicted molar refractivity (Wildman–Crippen MR) is 73.0 cm³/mol. The van der Waals surface area contributed by atoms with Crippen LogP contribution >= 0.6 is 11.6 Å². The van der Waals surface area contributed by atoms with E-state index >= 15 is 0 Å². The number of aromatic nitrogens is 2. The molecule has 2 aromatic rings. The number of hydrogen-bond donors (Lipinski definition) is 1. The van der Waals surface area contributed by atoms with E-state index in [9.17, 15) is 14.9 Å². The first-order valence-corrected chi connectivity index (χ1v) is 6.27. The Kier molecular flexibility index (Phi) is 4.18. The number of nitrogens with one attached hydrogen (secondary N) is 1. The molecule has 0 aliphatic heterocycles. The van der Waals surface area contributed by atoms with E-state index in [0.717, 1.165) is 18.0 Å². The van der Waals surface area contributed by atoms with Gasteiger partial charge in [0, 0.05) is 0 Å². The first-order valence-electron chi connectivity index (χ1n) is 5.89. The van der Waals surface area contributed by atoms with Crippen LogP contribution in [-0.4, -0.2) is 20.8 Å². The van der Waals surface area contributed by atoms with Crippen LogP contribution in [0.5, 0.6) is 0 Å². The van der Waals surface area contributed by atoms with E-state index < -0.39 is 16.5 Å². The average Bonchev–Trinajstić information content (AvgIpc) is 2.74. The van der Waals surface area contributed by atoms with Crippen molar-refractivity contribution in [1.82, 2.24) is 15.3 Å². The van der Waals surface area contributed by atoms with Crippen LogP contribution in [0.1, 0.15) is 27.7 Å². The number of halogens is 1. The topological polar surface area (TPSA) is 111 Å². The second kappa shape index (κ2) is 5.88. The molecule has 21 heavy (non-hydrogen) atoms. The lowest BCUT2D eigenvalue weighted by Gasteiger charge is -2.04. The zero-order chi connectivity index (χ0) is 15.6. The van der Waals surface area contributed by atoms with Crippen molar-refractivity contribution in [2.75, 3.05) is 0 Å². The number of carbonyl (C=O) groups is 1. The Morgan fingerprint density at radius 3 is 2.81 bits per heavy atom. The Hall–Kier alpha value is -2.48. The highest BCUT2D eigenvalue weighted by Gasteiger charge is 2.21. The van der Waals surface area contributed by atoms with Crippen molar-refractivity contribution in [2.45, 2.75) is 20.4 Å². The van der Waals surface area contributed by atoms with Gasteiger partial charge in [0.05, 0.1) is 17.2 Å². The Bertz CT molecular complexity index is 694. The molecule has 2 aromatic heterocycles. The molecule has 0 radical (unpaired) electrons. The number of carbonyl (C=O) groups excluding carboxylic acids is 1. The zero-order valence-corrected chi connectivity index (χ0v) is 12.0. The molecule has 0 aliphatic rings. The lowest BCUT2D eigenvalue weighted by molar-refractivity contribution is -0.385. The SMILES string of the molecule is Cc1nc(CNC(=O)c2cc(Cl)ncc2[N+](=O)[O-])oc1C. The minimum Gasteiger partial charge on any atom is -0.444 e. The lowest BCUT2D eigenvalue weighted by Crippen LogP contribution is -2.24. The molecule has 0 unspecified atom stereocenters. The van der Waals surface area contributed by atoms with E-state index in [1.807, 2.05) is 0 Å². The van der Waals surface area contributed by atoms with Crippen LogP contribution in [0.15, 0.2) is 16.7 Å². The van der Waals surface area contributed by atoms with Gasteiger partial charge in [-0.2, -0.15) is 0 Å². The van der Waals surface area contributed by atoms with Gasteiger partial charge in [0.25, 0.3) is 11.6 Å². The third-order valence-corrected chi connectivity index (χ3v) is 2.97. The van der Waals surface area contributed by atoms with Crippen LogP contribution in [0.3, 0.4) is 0 Å². The third kappa shape index (κ3) is 3.34. The lowest BCUT2D eigenvalue weighted by atomic mass is 10.2. The molecule has 0 spiro atoms. The average molecular weight is 311 g/mol. The van der Waals surface area contributed by atoms with Gasteiger partial charge >= 0.3 is 0 Å². The van der Waals surface area contributed by atoms with Gasteiger partial charge in [0.1, 0.15) is 22.7 Å². The Labute approximate surface area is 124 Å². The molecule has 0 aromatic carbocycles. The van der Waals surface area contributed by atoms with Gasteiger partial charge in [-0.3, -0.25) is 14.9 Å². The molecule has 0 bridgehead atoms. The van der Waals surface area contributed by atoms with Gasteiger partial charge in [-0.1, -0.05) is 11.6 Å². The van der Waals surface area contributed by atoms with Gasteiger partial charge in [-0.05, 0) is 19.9 Å². The van der Waals surface area contributed by atoms with Crippen molar-refractivity contribution in [1.29, 1.82) is 0 Å². The van der Waals surface area contributed by atoms with Crippen LogP contribution in [-0.2, 0) is 6.54 Å². The Balaban J connectivity index is 2.16. The molecular formula is C12H11ClN4O4. The molecule has 110 valence electrons. The number of nitro groups is 1. The second-order valence-corrected chi connectivity index (χ2v) is 4.60. The molecule has 9 heteroatoms. The number of hydrogen-bond acceptors (Lipinski definition) is 6. The number of oxazole rings is 1. The predicted octanol–water partition coefficient (Wildman–Crippen LogP) is 2.18. The molecule has 2 rings (SSSR count). The van der Waals surface area contributed by atoms with Crippen LogP contribution in [0, 0.1) is 24.0 Å². The van der Waals surface area contributed by atoms with Gasteiger partial charge in [0.2, 0.25) is 5.89 Å². The number of amides is 1. The van der Waals surface area contributed by atoms with Crippen molar-refractivity contribution in [3.05, 3.63) is 50.4 Å². The normalized spacial score (nSPS) is 10.4. The fraction of sp³-hybridized carbons (Fsp3) is 0.250. The van der Waals surface area contributed by atoms with Crippen LogP contribution < -0.4 is 5.32 Å². The van der Waals surface area contributed by atoms with Crippen molar-refractivity contribution in [3.63, 3.8) is 0 Å². The van der Waals surface area contributed by atoms with Crippen molar-refractivity contribution in [3.8, 4) is 0 Å². The summed E-state index contributed by atoms with van der Waals surface area (Å²) in [6, 6.07) is 1.14. The minimum atomic E-state index is -0.697. The quantitative estimate of drug-likeness (QED) is 0.526. The Morgan fingerprint density at radius 2 is 2.24 bits per heavy atom. The summed E-state index contributed by atoms with van der Waals surface area (Å²) in [6.45, 7) is 3.55. The number of rotatable bonds is 4. The molecule has 2 heterocycles. The Morgan fingerprint density at radius 1 is 1.52 bits per heavy atom. The first kappa shape index (κ1) is 14.9. The summed E-state index contributed by atoms with van der Waals surface area (Å²) in [5.41, 5.74) is 0.133. The van der Waals surface area contributed by atoms with Gasteiger partial charge in [0.15, 0.2) is 0 Å². The van der Waals surface area contributed by atoms with Crippen molar-refractivity contribution < 1.29 is 14.1 Å². The summed E-state index contributed by atoms with van der Waals surface area (Å²) >= 11 is 5.66. The summed E-state index contributed by atoms with van der Waals surface area (Å²) < 4.78 is 5.30. The van der Waals surface area contributed by atoms with E-state index in [0.29, 0.717) is 11.7 Å². The zero-order valence-electron chi connectivity index (χ0n) is 11.2. The van der Waals surface area contributed by atoms with Gasteiger partial charge in [-0.25, -0.2) is 9.97 Å². The molecule has 0 atom stereocenters. The largest absolute Gasteiger partial charge is 0.444 e. The standard InChI is InChI=1S/C12H11ClN4O4/c1-6-7(2)21-11(16-6)5-15-12(18)8-3-10(13)14-4-9(8)17(19)20/h3-4H,5H2,1-2H3,(H,15,18). The maximum Gasteiger partial charge on any atom is 0.300 e. The third-order valence-electron chi connectivity index (χ3n) is 2.76. The van der Waals surface area contributed by atoms with Gasteiger partial charge < -0.3 is 9.73 Å². The fourth-order valence-corrected chi connectivity index (χ4v) is 1.77. The highest BCUT2D eigenvalue weighted by Crippen LogP contribution is 2.20. The number of aryl methyl sites for hydroxylation is 2. The van der Waals surface area contributed by atoms with E-state index in [4.69, 9.17) is 16.0 Å². The molecule has 8 nitrogen and oxygen atoms in total. The summed E-state index contributed by atoms with van der Waals surface area (Å²) in [5.74, 6) is 0.317. The smallest absolute Gasteiger partial charge is 0.300 e. The summed E-state index contributed by atoms with van der Waals surface area (Å²) in [6.07, 6.45) is 0.941. The van der Waals surface area contributed by atoms with E-state index in [1.165, 1.54) is 0 Å². The highest BCUT2D eigenvalue weighted by molar-refractivity contribution is 6.29. The minimum absolute atomic E-state index is 0.00596. The summed E-state index contributed by atoms with van der Waals surface area (Å²) in [4.78, 5) is 29.9. The first-order chi connectivity index (χ1) is 9.88. The summed E-state index contributed by atoms with van der Waals surface area (Å²) in [7, 11) is 0. The van der Waals surface area contributed by atoms with Crippen LogP contribution in [0.2, 0.25) is 5.15 Å². The molecular weight excluding hydrogens is 300 g/mol. The van der Waals surface area contributed by atoms with E-state index in [1.54, 1.807) is 13.8 Å². The second-order valence-electron chi connectivity index (χ2n) is 4.21. The van der Waals surface area contributed by atoms with Crippen molar-refractivity contribution >= 4 is 23.2 Å². The number of nitrogens with zero attached hydrogens (tertiary/aromatic N) is 3. The molecule has 1 N–H and O–H groups in total. The molecule has 0 aliphatic carbocycles. The molecule has 0 saturated carbocycles. The van der Waals surface area contributed by atoms with E-state index in [2.05, 4.69) is 15.3 Å². The molecule has 0 fully saturated rings. The maximum absolute atomic E-state index is 12.0. The van der Waals surface area contributed by atoms with Gasteiger partial charge in [-0.15, -0.1) is 0 Å². The highest BCUT2D eigenvalue weighted by atomic mass is 35.5.